The average Bonchev–Trinajstić information content (AvgIpc) is 3.12. The molecule has 0 atom stereocenters. The van der Waals surface area contributed by atoms with Crippen LogP contribution in [-0.4, -0.2) is 33.5 Å². The molecule has 7 nitrogen and oxygen atoms in total. The van der Waals surface area contributed by atoms with Gasteiger partial charge in [0.2, 0.25) is 5.82 Å². The minimum absolute atomic E-state index is 0.322. The average molecular weight is 239 g/mol. The summed E-state index contributed by atoms with van der Waals surface area (Å²) in [4.78, 5) is 25.4. The number of rotatable bonds is 4. The second kappa shape index (κ2) is 4.33. The van der Waals surface area contributed by atoms with Crippen LogP contribution in [0.4, 0.5) is 5.82 Å². The number of hydrogen-bond acceptors (Lipinski definition) is 5. The number of nitrogens with two attached hydrogens (primary N) is 1. The molecule has 1 saturated carbocycles. The Bertz CT molecular complexity index is 528. The largest absolute Gasteiger partial charge is 0.346 e. The Labute approximate surface area is 98.5 Å². The molecule has 1 aromatic heterocycles. The topological polar surface area (TPSA) is 86.2 Å². The van der Waals surface area contributed by atoms with Crippen molar-refractivity contribution in [3.63, 3.8) is 0 Å². The van der Waals surface area contributed by atoms with Gasteiger partial charge in [-0.15, -0.1) is 5.10 Å². The third kappa shape index (κ3) is 2.10. The van der Waals surface area contributed by atoms with Gasteiger partial charge >= 0.3 is 5.69 Å². The second-order valence-corrected chi connectivity index (χ2v) is 4.31. The van der Waals surface area contributed by atoms with Crippen molar-refractivity contribution in [3.8, 4) is 0 Å². The fraction of sp³-hybridized carbons (Fsp3) is 0.700. The summed E-state index contributed by atoms with van der Waals surface area (Å²) in [6.45, 7) is 1.05. The van der Waals surface area contributed by atoms with Crippen molar-refractivity contribution in [1.29, 1.82) is 0 Å². The van der Waals surface area contributed by atoms with Crippen LogP contribution in [0.25, 0.3) is 0 Å². The highest BCUT2D eigenvalue weighted by Gasteiger charge is 2.31. The molecule has 1 aromatic rings. The molecule has 0 saturated heterocycles. The maximum Gasteiger partial charge on any atom is 0.346 e. The minimum Gasteiger partial charge on any atom is -0.346 e. The Balaban J connectivity index is 2.50. The number of anilines is 1. The van der Waals surface area contributed by atoms with Gasteiger partial charge in [0.15, 0.2) is 0 Å². The molecule has 1 heterocycles. The van der Waals surface area contributed by atoms with E-state index < -0.39 is 5.69 Å². The van der Waals surface area contributed by atoms with Gasteiger partial charge < -0.3 is 10.6 Å². The van der Waals surface area contributed by atoms with E-state index in [1.807, 2.05) is 4.90 Å². The lowest BCUT2D eigenvalue weighted by Crippen LogP contribution is -2.45. The first-order chi connectivity index (χ1) is 8.06. The molecule has 1 aliphatic carbocycles. The third-order valence-electron chi connectivity index (χ3n) is 2.93. The van der Waals surface area contributed by atoms with E-state index in [-0.39, 0.29) is 5.56 Å². The number of nitrogens with zero attached hydrogens (tertiary/aromatic N) is 4. The quantitative estimate of drug-likeness (QED) is 0.684. The SMILES string of the molecule is Cn1nc(N(CCN)C2CC2)c(=O)n(C)c1=O. The van der Waals surface area contributed by atoms with Crippen molar-refractivity contribution in [2.75, 3.05) is 18.0 Å². The lowest BCUT2D eigenvalue weighted by molar-refractivity contribution is 0.586. The van der Waals surface area contributed by atoms with E-state index in [1.54, 1.807) is 7.05 Å². The number of hydrogen-bond donors (Lipinski definition) is 1. The van der Waals surface area contributed by atoms with Crippen LogP contribution in [0.5, 0.6) is 0 Å². The standard InChI is InChI=1S/C10H17N5O2/c1-13-9(16)8(12-14(2)10(13)17)15(6-5-11)7-3-4-7/h7H,3-6,11H2,1-2H3. The summed E-state index contributed by atoms with van der Waals surface area (Å²) in [6, 6.07) is 0.344. The van der Waals surface area contributed by atoms with Crippen molar-refractivity contribution >= 4 is 5.82 Å². The van der Waals surface area contributed by atoms with Gasteiger partial charge in [-0.2, -0.15) is 0 Å². The van der Waals surface area contributed by atoms with Crippen molar-refractivity contribution < 1.29 is 0 Å². The molecule has 0 bridgehead atoms. The summed E-state index contributed by atoms with van der Waals surface area (Å²) in [7, 11) is 3.00. The maximum atomic E-state index is 12.0. The highest BCUT2D eigenvalue weighted by Crippen LogP contribution is 2.28. The normalized spacial score (nSPS) is 15.0. The molecular formula is C10H17N5O2. The summed E-state index contributed by atoms with van der Waals surface area (Å²) in [5.74, 6) is 0.322. The first-order valence-corrected chi connectivity index (χ1v) is 5.67. The van der Waals surface area contributed by atoms with E-state index in [9.17, 15) is 9.59 Å². The van der Waals surface area contributed by atoms with Crippen LogP contribution >= 0.6 is 0 Å². The highest BCUT2D eigenvalue weighted by atomic mass is 16.2. The summed E-state index contributed by atoms with van der Waals surface area (Å²) < 4.78 is 2.26. The smallest absolute Gasteiger partial charge is 0.346 e. The Hall–Kier alpha value is -1.63. The molecule has 94 valence electrons. The maximum absolute atomic E-state index is 12.0. The van der Waals surface area contributed by atoms with Crippen LogP contribution in [0.1, 0.15) is 12.8 Å². The Morgan fingerprint density at radius 2 is 2.06 bits per heavy atom. The van der Waals surface area contributed by atoms with E-state index in [4.69, 9.17) is 5.73 Å². The Morgan fingerprint density at radius 3 is 2.59 bits per heavy atom. The summed E-state index contributed by atoms with van der Waals surface area (Å²) >= 11 is 0. The molecule has 1 fully saturated rings. The van der Waals surface area contributed by atoms with E-state index in [0.29, 0.717) is 24.9 Å². The molecule has 1 aliphatic rings. The molecule has 17 heavy (non-hydrogen) atoms. The summed E-state index contributed by atoms with van der Waals surface area (Å²) in [6.07, 6.45) is 2.10. The number of aromatic nitrogens is 3. The highest BCUT2D eigenvalue weighted by molar-refractivity contribution is 5.38. The zero-order chi connectivity index (χ0) is 12.6. The monoisotopic (exact) mass is 239 g/mol. The van der Waals surface area contributed by atoms with Crippen LogP contribution in [0, 0.1) is 0 Å². The van der Waals surface area contributed by atoms with Gasteiger partial charge in [-0.05, 0) is 12.8 Å². The summed E-state index contributed by atoms with van der Waals surface area (Å²) in [5.41, 5.74) is 4.77. The molecule has 2 N–H and O–H groups in total. The van der Waals surface area contributed by atoms with Crippen LogP contribution in [0.2, 0.25) is 0 Å². The van der Waals surface area contributed by atoms with E-state index in [0.717, 1.165) is 17.4 Å². The van der Waals surface area contributed by atoms with Crippen LogP contribution in [0.15, 0.2) is 9.59 Å². The van der Waals surface area contributed by atoms with Crippen molar-refractivity contribution in [2.45, 2.75) is 18.9 Å². The van der Waals surface area contributed by atoms with Crippen LogP contribution in [0.3, 0.4) is 0 Å². The van der Waals surface area contributed by atoms with E-state index in [2.05, 4.69) is 5.10 Å². The summed E-state index contributed by atoms with van der Waals surface area (Å²) in [5, 5.41) is 4.05. The molecule has 0 spiro atoms. The zero-order valence-corrected chi connectivity index (χ0v) is 10.1. The Kier molecular flexibility index (Phi) is 3.01. The van der Waals surface area contributed by atoms with Gasteiger partial charge in [-0.25, -0.2) is 9.48 Å². The third-order valence-corrected chi connectivity index (χ3v) is 2.93. The predicted octanol–water partition coefficient (Wildman–Crippen LogP) is -1.59. The van der Waals surface area contributed by atoms with Gasteiger partial charge in [0, 0.05) is 33.2 Å². The molecule has 7 heteroatoms. The molecule has 2 rings (SSSR count). The zero-order valence-electron chi connectivity index (χ0n) is 10.1. The van der Waals surface area contributed by atoms with Gasteiger partial charge in [-0.1, -0.05) is 0 Å². The fourth-order valence-electron chi connectivity index (χ4n) is 1.85. The molecule has 0 amide bonds. The van der Waals surface area contributed by atoms with Gasteiger partial charge in [-0.3, -0.25) is 9.36 Å². The van der Waals surface area contributed by atoms with Gasteiger partial charge in [0.05, 0.1) is 0 Å². The lowest BCUT2D eigenvalue weighted by Gasteiger charge is -2.22. The van der Waals surface area contributed by atoms with Crippen molar-refractivity contribution in [1.82, 2.24) is 14.3 Å². The molecule has 0 radical (unpaired) electrons. The predicted molar refractivity (Wildman–Crippen MR) is 64.1 cm³/mol. The second-order valence-electron chi connectivity index (χ2n) is 4.31. The molecule has 0 aromatic carbocycles. The van der Waals surface area contributed by atoms with Crippen molar-refractivity contribution in [2.24, 2.45) is 19.8 Å². The van der Waals surface area contributed by atoms with Gasteiger partial charge in [0.25, 0.3) is 5.56 Å². The van der Waals surface area contributed by atoms with E-state index >= 15 is 0 Å². The van der Waals surface area contributed by atoms with Crippen molar-refractivity contribution in [3.05, 3.63) is 20.8 Å². The van der Waals surface area contributed by atoms with Crippen LogP contribution < -0.4 is 21.9 Å². The number of aryl methyl sites for hydroxylation is 1. The fourth-order valence-corrected chi connectivity index (χ4v) is 1.85. The van der Waals surface area contributed by atoms with Crippen LogP contribution in [-0.2, 0) is 14.1 Å². The van der Waals surface area contributed by atoms with E-state index in [1.165, 1.54) is 11.7 Å². The molecule has 0 aliphatic heterocycles. The first-order valence-electron chi connectivity index (χ1n) is 5.67. The molecular weight excluding hydrogens is 222 g/mol. The first kappa shape index (κ1) is 11.8. The lowest BCUT2D eigenvalue weighted by atomic mass is 10.4. The molecule has 0 unspecified atom stereocenters. The Morgan fingerprint density at radius 1 is 1.41 bits per heavy atom. The van der Waals surface area contributed by atoms with Gasteiger partial charge in [0.1, 0.15) is 0 Å². The minimum atomic E-state index is -0.415.